The number of aromatic nitrogens is 2. The van der Waals surface area contributed by atoms with Crippen LogP contribution in [0.3, 0.4) is 0 Å². The number of aryl methyl sites for hydroxylation is 1. The lowest BCUT2D eigenvalue weighted by atomic mass is 9.83. The molecule has 1 aliphatic heterocycles. The fraction of sp³-hybridized carbons (Fsp3) is 0.565. The van der Waals surface area contributed by atoms with Gasteiger partial charge in [-0.05, 0) is 62.3 Å². The molecule has 1 saturated carbocycles. The molecule has 0 aromatic carbocycles. The molecule has 28 heavy (non-hydrogen) atoms. The summed E-state index contributed by atoms with van der Waals surface area (Å²) < 4.78 is 18.9. The van der Waals surface area contributed by atoms with Crippen molar-refractivity contribution in [2.75, 3.05) is 6.61 Å². The number of hydrogen-bond donors (Lipinski definition) is 0. The topological polar surface area (TPSA) is 35.0 Å². The van der Waals surface area contributed by atoms with E-state index in [1.165, 1.54) is 43.9 Å². The van der Waals surface area contributed by atoms with E-state index >= 15 is 0 Å². The Hall–Kier alpha value is -1.52. The highest BCUT2D eigenvalue weighted by Crippen LogP contribution is 2.44. The summed E-state index contributed by atoms with van der Waals surface area (Å²) in [6.45, 7) is 3.01. The lowest BCUT2D eigenvalue weighted by Crippen LogP contribution is -2.36. The minimum atomic E-state index is -0.426. The van der Waals surface area contributed by atoms with Crippen LogP contribution in [0.2, 0.25) is 5.15 Å². The Morgan fingerprint density at radius 1 is 1.25 bits per heavy atom. The van der Waals surface area contributed by atoms with E-state index in [4.69, 9.17) is 16.3 Å². The predicted molar refractivity (Wildman–Crippen MR) is 111 cm³/mol. The van der Waals surface area contributed by atoms with Gasteiger partial charge in [-0.25, -0.2) is 9.37 Å². The minimum absolute atomic E-state index is 0.0461. The van der Waals surface area contributed by atoms with Crippen LogP contribution in [0.1, 0.15) is 75.5 Å². The summed E-state index contributed by atoms with van der Waals surface area (Å²) >= 11 is 5.43. The van der Waals surface area contributed by atoms with Gasteiger partial charge in [0.15, 0.2) is 11.0 Å². The third-order valence-electron chi connectivity index (χ3n) is 5.79. The monoisotopic (exact) mass is 404 g/mol. The number of hydrogen-bond acceptors (Lipinski definition) is 3. The number of pyridine rings is 2. The molecule has 5 heteroatoms. The quantitative estimate of drug-likeness (QED) is 0.545. The second-order valence-corrected chi connectivity index (χ2v) is 8.26. The molecular weight excluding hydrogens is 375 g/mol. The van der Waals surface area contributed by atoms with Crippen LogP contribution in [0.15, 0.2) is 36.7 Å². The molecule has 0 bridgehead atoms. The summed E-state index contributed by atoms with van der Waals surface area (Å²) in [5, 5.41) is -0.0461. The number of unbranched alkanes of at least 4 members (excludes halogenated alkanes) is 1. The van der Waals surface area contributed by atoms with Crippen LogP contribution >= 0.6 is 11.6 Å². The normalized spacial score (nSPS) is 20.6. The molecule has 1 spiro atoms. The van der Waals surface area contributed by atoms with Gasteiger partial charge in [-0.1, -0.05) is 43.9 Å². The van der Waals surface area contributed by atoms with Crippen LogP contribution in [0.4, 0.5) is 4.39 Å². The Morgan fingerprint density at radius 3 is 2.75 bits per heavy atom. The number of ether oxygens (including phenoxy) is 1. The molecule has 2 aromatic rings. The summed E-state index contributed by atoms with van der Waals surface area (Å²) in [6, 6.07) is 7.71. The first kappa shape index (κ1) is 21.2. The maximum Gasteiger partial charge on any atom is 0.164 e. The largest absolute Gasteiger partial charge is 0.375 e. The Balaban J connectivity index is 0.000000169. The summed E-state index contributed by atoms with van der Waals surface area (Å²) in [6.07, 6.45) is 14.1. The van der Waals surface area contributed by atoms with Crippen LogP contribution in [-0.4, -0.2) is 22.2 Å². The molecule has 1 saturated heterocycles. The van der Waals surface area contributed by atoms with E-state index in [1.54, 1.807) is 6.20 Å². The average molecular weight is 405 g/mol. The van der Waals surface area contributed by atoms with Gasteiger partial charge in [0.1, 0.15) is 0 Å². The zero-order valence-corrected chi connectivity index (χ0v) is 17.4. The number of nitrogens with zero attached hydrogens (tertiary/aromatic N) is 2. The maximum atomic E-state index is 12.8. The van der Waals surface area contributed by atoms with Gasteiger partial charge in [0.05, 0.1) is 5.60 Å². The van der Waals surface area contributed by atoms with Gasteiger partial charge in [-0.2, -0.15) is 0 Å². The molecule has 3 nitrogen and oxygen atoms in total. The van der Waals surface area contributed by atoms with E-state index < -0.39 is 5.82 Å². The smallest absolute Gasteiger partial charge is 0.164 e. The molecule has 2 aromatic heterocycles. The lowest BCUT2D eigenvalue weighted by molar-refractivity contribution is -0.0809. The van der Waals surface area contributed by atoms with E-state index in [1.807, 2.05) is 12.3 Å². The SMILES string of the molecule is CCCCc1cnc(Cl)c(F)c1.c1ccc([C@@H]2CCOC3(CCCC3)C2)nc1. The van der Waals surface area contributed by atoms with E-state index in [0.29, 0.717) is 5.92 Å². The van der Waals surface area contributed by atoms with Crippen LogP contribution in [0.5, 0.6) is 0 Å². The third-order valence-corrected chi connectivity index (χ3v) is 6.06. The molecular formula is C23H30ClFN2O. The van der Waals surface area contributed by atoms with Crippen molar-refractivity contribution in [3.8, 4) is 0 Å². The van der Waals surface area contributed by atoms with Crippen molar-refractivity contribution < 1.29 is 9.13 Å². The molecule has 0 radical (unpaired) electrons. The van der Waals surface area contributed by atoms with Crippen molar-refractivity contribution in [3.05, 3.63) is 58.9 Å². The van der Waals surface area contributed by atoms with Gasteiger partial charge in [0.25, 0.3) is 0 Å². The average Bonchev–Trinajstić information content (AvgIpc) is 3.17. The first-order valence-corrected chi connectivity index (χ1v) is 10.8. The van der Waals surface area contributed by atoms with Crippen molar-refractivity contribution in [2.45, 2.75) is 76.2 Å². The lowest BCUT2D eigenvalue weighted by Gasteiger charge is -2.38. The van der Waals surface area contributed by atoms with E-state index in [0.717, 1.165) is 37.9 Å². The highest BCUT2D eigenvalue weighted by Gasteiger charge is 2.40. The van der Waals surface area contributed by atoms with Gasteiger partial charge in [0, 0.05) is 30.6 Å². The molecule has 152 valence electrons. The number of rotatable bonds is 4. The fourth-order valence-corrected chi connectivity index (χ4v) is 4.35. The van der Waals surface area contributed by atoms with Gasteiger partial charge < -0.3 is 4.74 Å². The molecule has 4 rings (SSSR count). The van der Waals surface area contributed by atoms with Crippen LogP contribution < -0.4 is 0 Å². The minimum Gasteiger partial charge on any atom is -0.375 e. The Kier molecular flexibility index (Phi) is 7.81. The molecule has 1 atom stereocenters. The zero-order chi connectivity index (χ0) is 19.8. The second kappa shape index (κ2) is 10.3. The Bertz CT molecular complexity index is 735. The van der Waals surface area contributed by atoms with Crippen molar-refractivity contribution >= 4 is 11.6 Å². The van der Waals surface area contributed by atoms with E-state index in [9.17, 15) is 4.39 Å². The molecule has 0 amide bonds. The predicted octanol–water partition coefficient (Wildman–Crippen LogP) is 6.51. The van der Waals surface area contributed by atoms with Gasteiger partial charge in [0.2, 0.25) is 0 Å². The molecule has 0 unspecified atom stereocenters. The van der Waals surface area contributed by atoms with Crippen LogP contribution in [0.25, 0.3) is 0 Å². The summed E-state index contributed by atoms with van der Waals surface area (Å²) in [4.78, 5) is 8.22. The van der Waals surface area contributed by atoms with Gasteiger partial charge >= 0.3 is 0 Å². The highest BCUT2D eigenvalue weighted by atomic mass is 35.5. The Labute approximate surface area is 172 Å². The zero-order valence-electron chi connectivity index (χ0n) is 16.7. The Morgan fingerprint density at radius 2 is 2.07 bits per heavy atom. The first-order valence-electron chi connectivity index (χ1n) is 10.5. The molecule has 2 aliphatic rings. The highest BCUT2D eigenvalue weighted by molar-refractivity contribution is 6.29. The molecule has 1 aliphatic carbocycles. The molecule has 0 N–H and O–H groups in total. The molecule has 3 heterocycles. The van der Waals surface area contributed by atoms with Crippen molar-refractivity contribution in [1.29, 1.82) is 0 Å². The van der Waals surface area contributed by atoms with Crippen molar-refractivity contribution in [2.24, 2.45) is 0 Å². The first-order chi connectivity index (χ1) is 13.6. The summed E-state index contributed by atoms with van der Waals surface area (Å²) in [5.41, 5.74) is 2.39. The standard InChI is InChI=1S/C14H19NO.C9H11ClFN/c1-4-9-15-13(5-1)12-6-10-16-14(11-12)7-2-3-8-14;1-2-3-4-7-5-8(11)9(10)12-6-7/h1,4-5,9,12H,2-3,6-8,10-11H2;5-6H,2-4H2,1H3/t12-;/m1./s1. The van der Waals surface area contributed by atoms with Crippen molar-refractivity contribution in [3.63, 3.8) is 0 Å². The fourth-order valence-electron chi connectivity index (χ4n) is 4.24. The van der Waals surface area contributed by atoms with Crippen molar-refractivity contribution in [1.82, 2.24) is 9.97 Å². The summed E-state index contributed by atoms with van der Waals surface area (Å²) in [7, 11) is 0. The molecule has 2 fully saturated rings. The maximum absolute atomic E-state index is 12.8. The second-order valence-electron chi connectivity index (χ2n) is 7.90. The van der Waals surface area contributed by atoms with Gasteiger partial charge in [-0.3, -0.25) is 4.98 Å². The van der Waals surface area contributed by atoms with E-state index in [2.05, 4.69) is 29.0 Å². The van der Waals surface area contributed by atoms with Crippen LogP contribution in [0, 0.1) is 5.82 Å². The summed E-state index contributed by atoms with van der Waals surface area (Å²) in [5.74, 6) is 0.193. The van der Waals surface area contributed by atoms with E-state index in [-0.39, 0.29) is 10.8 Å². The third kappa shape index (κ3) is 5.74. The van der Waals surface area contributed by atoms with Gasteiger partial charge in [-0.15, -0.1) is 0 Å². The van der Waals surface area contributed by atoms with Crippen LogP contribution in [-0.2, 0) is 11.2 Å². The number of halogens is 2.